The van der Waals surface area contributed by atoms with Gasteiger partial charge >= 0.3 is 0 Å². The molecule has 3 atom stereocenters. The van der Waals surface area contributed by atoms with E-state index in [4.69, 9.17) is 14.2 Å². The molecular formula is C35H46N4O6. The zero-order valence-corrected chi connectivity index (χ0v) is 26.9. The number of fused-ring (bicyclic) bond motifs is 7. The lowest BCUT2D eigenvalue weighted by atomic mass is 9.77. The molecular weight excluding hydrogens is 572 g/mol. The first-order valence-electron chi connectivity index (χ1n) is 16.5. The van der Waals surface area contributed by atoms with Crippen molar-refractivity contribution in [1.82, 2.24) is 20.1 Å². The summed E-state index contributed by atoms with van der Waals surface area (Å²) in [6, 6.07) is 6.04. The third kappa shape index (κ3) is 6.60. The molecule has 2 fully saturated rings. The second kappa shape index (κ2) is 13.7. The molecule has 1 N–H and O–H groups in total. The van der Waals surface area contributed by atoms with Crippen LogP contribution in [0.2, 0.25) is 0 Å². The third-order valence-electron chi connectivity index (χ3n) is 10.1. The van der Waals surface area contributed by atoms with Crippen molar-refractivity contribution >= 4 is 17.7 Å². The normalized spacial score (nSPS) is 23.9. The average molecular weight is 619 g/mol. The van der Waals surface area contributed by atoms with Crippen LogP contribution in [0.1, 0.15) is 77.7 Å². The Balaban J connectivity index is 1.23. The number of nitrogens with one attached hydrogen (secondary N) is 1. The molecule has 10 heteroatoms. The van der Waals surface area contributed by atoms with Crippen molar-refractivity contribution in [2.24, 2.45) is 11.8 Å². The summed E-state index contributed by atoms with van der Waals surface area (Å²) < 4.78 is 16.9. The summed E-state index contributed by atoms with van der Waals surface area (Å²) in [6.07, 6.45) is 8.26. The fraction of sp³-hybridized carbons (Fsp3) is 0.600. The van der Waals surface area contributed by atoms with Gasteiger partial charge in [-0.15, -0.1) is 0 Å². The molecule has 4 heterocycles. The Kier molecular flexibility index (Phi) is 9.47. The van der Waals surface area contributed by atoms with Crippen molar-refractivity contribution in [1.29, 1.82) is 0 Å². The highest BCUT2D eigenvalue weighted by molar-refractivity contribution is 5.97. The van der Waals surface area contributed by atoms with Gasteiger partial charge in [-0.1, -0.05) is 6.07 Å². The Hall–Kier alpha value is -3.82. The summed E-state index contributed by atoms with van der Waals surface area (Å²) in [5.41, 5.74) is 4.77. The molecule has 1 aliphatic carbocycles. The molecule has 6 rings (SSSR count). The van der Waals surface area contributed by atoms with Crippen molar-refractivity contribution in [3.8, 4) is 17.4 Å². The largest absolute Gasteiger partial charge is 0.493 e. The van der Waals surface area contributed by atoms with Crippen LogP contribution < -0.4 is 19.5 Å². The van der Waals surface area contributed by atoms with Gasteiger partial charge in [0, 0.05) is 50.8 Å². The summed E-state index contributed by atoms with van der Waals surface area (Å²) >= 11 is 0. The molecule has 10 nitrogen and oxygen atoms in total. The van der Waals surface area contributed by atoms with E-state index in [1.165, 1.54) is 0 Å². The number of carbonyl (C=O) groups is 3. The Morgan fingerprint density at radius 3 is 2.51 bits per heavy atom. The summed E-state index contributed by atoms with van der Waals surface area (Å²) in [4.78, 5) is 49.3. The van der Waals surface area contributed by atoms with Gasteiger partial charge in [-0.05, 0) is 98.4 Å². The minimum absolute atomic E-state index is 0.0222. The van der Waals surface area contributed by atoms with Crippen LogP contribution in [0, 0.1) is 11.8 Å². The zero-order valence-electron chi connectivity index (χ0n) is 26.9. The molecule has 4 bridgehead atoms. The number of amides is 3. The first-order valence-corrected chi connectivity index (χ1v) is 16.5. The number of carbonyl (C=O) groups excluding carboxylic acids is 3. The van der Waals surface area contributed by atoms with E-state index >= 15 is 0 Å². The molecule has 0 saturated carbocycles. The maximum atomic E-state index is 14.0. The van der Waals surface area contributed by atoms with Crippen LogP contribution >= 0.6 is 0 Å². The molecule has 0 unspecified atom stereocenters. The predicted molar refractivity (Wildman–Crippen MR) is 169 cm³/mol. The van der Waals surface area contributed by atoms with E-state index in [1.807, 2.05) is 17.0 Å². The fourth-order valence-corrected chi connectivity index (χ4v) is 8.00. The number of likely N-dealkylation sites (tertiary alicyclic amines) is 1. The molecule has 242 valence electrons. The van der Waals surface area contributed by atoms with Gasteiger partial charge in [-0.3, -0.25) is 14.4 Å². The van der Waals surface area contributed by atoms with Crippen molar-refractivity contribution in [2.45, 2.75) is 76.7 Å². The van der Waals surface area contributed by atoms with Gasteiger partial charge in [0.2, 0.25) is 17.7 Å². The number of hydrogen-bond acceptors (Lipinski definition) is 7. The van der Waals surface area contributed by atoms with Gasteiger partial charge in [0.25, 0.3) is 5.91 Å². The van der Waals surface area contributed by atoms with Gasteiger partial charge in [-0.25, -0.2) is 4.98 Å². The van der Waals surface area contributed by atoms with E-state index in [1.54, 1.807) is 21.3 Å². The maximum absolute atomic E-state index is 14.0. The SMILES string of the molecule is COc1cc2cc(c1OC)CCCNC(=O)CCC[C@H]1[C@H]3C[C@@H](CN(C(=O)c4cc5c(nc4OC)CCC5)C3)CN1C(=O)CC2. The topological polar surface area (TPSA) is 110 Å². The minimum Gasteiger partial charge on any atom is -0.493 e. The fourth-order valence-electron chi connectivity index (χ4n) is 8.00. The molecule has 3 aliphatic heterocycles. The summed E-state index contributed by atoms with van der Waals surface area (Å²) in [5.74, 6) is 2.23. The number of rotatable bonds is 4. The van der Waals surface area contributed by atoms with Crippen LogP contribution in [-0.4, -0.2) is 86.1 Å². The van der Waals surface area contributed by atoms with Crippen LogP contribution in [0.4, 0.5) is 0 Å². The van der Waals surface area contributed by atoms with Gasteiger partial charge < -0.3 is 29.3 Å². The monoisotopic (exact) mass is 618 g/mol. The number of benzene rings is 1. The first-order chi connectivity index (χ1) is 21.9. The highest BCUT2D eigenvalue weighted by Gasteiger charge is 2.44. The number of methoxy groups -OCH3 is 3. The minimum atomic E-state index is -0.0413. The number of piperidine rings is 2. The van der Waals surface area contributed by atoms with Crippen LogP contribution in [0.25, 0.3) is 0 Å². The van der Waals surface area contributed by atoms with E-state index < -0.39 is 0 Å². The summed E-state index contributed by atoms with van der Waals surface area (Å²) in [7, 11) is 4.84. The average Bonchev–Trinajstić information content (AvgIpc) is 3.52. The Labute approximate surface area is 265 Å². The molecule has 3 amide bonds. The van der Waals surface area contributed by atoms with Crippen LogP contribution in [0.5, 0.6) is 17.4 Å². The van der Waals surface area contributed by atoms with Crippen LogP contribution in [-0.2, 0) is 35.3 Å². The molecule has 45 heavy (non-hydrogen) atoms. The Bertz CT molecular complexity index is 1440. The molecule has 2 aromatic rings. The Morgan fingerprint density at radius 2 is 1.71 bits per heavy atom. The second-order valence-corrected chi connectivity index (χ2v) is 13.0. The van der Waals surface area contributed by atoms with Crippen molar-refractivity contribution in [3.05, 3.63) is 46.1 Å². The smallest absolute Gasteiger partial charge is 0.259 e. The lowest BCUT2D eigenvalue weighted by Gasteiger charge is -2.51. The molecule has 0 radical (unpaired) electrons. The summed E-state index contributed by atoms with van der Waals surface area (Å²) in [5, 5.41) is 3.07. The van der Waals surface area contributed by atoms with Gasteiger partial charge in [0.1, 0.15) is 5.56 Å². The highest BCUT2D eigenvalue weighted by atomic mass is 16.5. The quantitative estimate of drug-likeness (QED) is 0.556. The number of aryl methyl sites for hydroxylation is 4. The van der Waals surface area contributed by atoms with E-state index in [0.717, 1.165) is 67.3 Å². The molecule has 0 spiro atoms. The van der Waals surface area contributed by atoms with Crippen LogP contribution in [0.3, 0.4) is 0 Å². The van der Waals surface area contributed by atoms with Crippen molar-refractivity contribution in [3.63, 3.8) is 0 Å². The van der Waals surface area contributed by atoms with E-state index in [-0.39, 0.29) is 35.6 Å². The highest BCUT2D eigenvalue weighted by Crippen LogP contribution is 2.38. The molecule has 2 saturated heterocycles. The first kappa shape index (κ1) is 31.2. The van der Waals surface area contributed by atoms with Crippen LogP contribution in [0.15, 0.2) is 18.2 Å². The predicted octanol–water partition coefficient (Wildman–Crippen LogP) is 3.75. The lowest BCUT2D eigenvalue weighted by molar-refractivity contribution is -0.140. The third-order valence-corrected chi connectivity index (χ3v) is 10.1. The van der Waals surface area contributed by atoms with E-state index in [9.17, 15) is 14.4 Å². The van der Waals surface area contributed by atoms with Crippen molar-refractivity contribution in [2.75, 3.05) is 47.5 Å². The van der Waals surface area contributed by atoms with Gasteiger partial charge in [-0.2, -0.15) is 0 Å². The van der Waals surface area contributed by atoms with E-state index in [0.29, 0.717) is 74.8 Å². The standard InChI is InChI=1S/C35H46N4O6/c1-43-30-17-22-12-13-32(41)39-20-23-16-26(29(39)10-5-11-31(40)36-14-6-8-25(15-22)33(30)44-2)21-38(19-23)35(42)27-18-24-7-4-9-28(24)37-34(27)45-3/h15,17-18,23,26,29H,4-14,16,19-21H2,1-3H3,(H,36,40)/t23-,26-,29-/m0/s1. The Morgan fingerprint density at radius 1 is 0.867 bits per heavy atom. The summed E-state index contributed by atoms with van der Waals surface area (Å²) in [6.45, 7) is 2.39. The number of hydrogen-bond donors (Lipinski definition) is 1. The van der Waals surface area contributed by atoms with Gasteiger partial charge in [0.05, 0.1) is 21.3 Å². The number of nitrogens with zero attached hydrogens (tertiary/aromatic N) is 3. The maximum Gasteiger partial charge on any atom is 0.259 e. The molecule has 4 aliphatic rings. The zero-order chi connectivity index (χ0) is 31.5. The van der Waals surface area contributed by atoms with E-state index in [2.05, 4.69) is 21.3 Å². The number of pyridine rings is 1. The van der Waals surface area contributed by atoms with Gasteiger partial charge in [0.15, 0.2) is 11.5 Å². The van der Waals surface area contributed by atoms with Crippen molar-refractivity contribution < 1.29 is 28.6 Å². The lowest BCUT2D eigenvalue weighted by Crippen LogP contribution is -2.60. The molecule has 1 aromatic carbocycles. The second-order valence-electron chi connectivity index (χ2n) is 13.0. The molecule has 1 aromatic heterocycles. The number of aromatic nitrogens is 1. The number of ether oxygens (including phenoxy) is 3.